The van der Waals surface area contributed by atoms with Crippen LogP contribution in [0.1, 0.15) is 27.2 Å². The van der Waals surface area contributed by atoms with Gasteiger partial charge >= 0.3 is 0 Å². The Hall–Kier alpha value is -0.580. The Bertz CT molecular complexity index is 284. The van der Waals surface area contributed by atoms with Crippen molar-refractivity contribution in [2.24, 2.45) is 0 Å². The molecule has 1 fully saturated rings. The van der Waals surface area contributed by atoms with Gasteiger partial charge in [-0.3, -0.25) is 4.79 Å². The monoisotopic (exact) mass is 221 g/mol. The largest absolute Gasteiger partial charge is 0.342 e. The van der Waals surface area contributed by atoms with Crippen LogP contribution in [0.15, 0.2) is 0 Å². The summed E-state index contributed by atoms with van der Waals surface area (Å²) in [6.45, 7) is 5.45. The molecule has 0 radical (unpaired) electrons. The lowest BCUT2D eigenvalue weighted by Crippen LogP contribution is -2.36. The van der Waals surface area contributed by atoms with Crippen molar-refractivity contribution in [1.29, 1.82) is 0 Å². The zero-order valence-corrected chi connectivity index (χ0v) is 10.1. The van der Waals surface area contributed by atoms with E-state index in [4.69, 9.17) is 0 Å². The zero-order chi connectivity index (χ0) is 11.4. The first-order chi connectivity index (χ1) is 6.42. The highest BCUT2D eigenvalue weighted by Crippen LogP contribution is 2.16. The lowest BCUT2D eigenvalue weighted by atomic mass is 10.2. The van der Waals surface area contributed by atoms with E-state index in [1.807, 2.05) is 13.8 Å². The van der Waals surface area contributed by atoms with E-state index in [0.29, 0.717) is 6.42 Å². The van der Waals surface area contributed by atoms with Gasteiger partial charge in [0.25, 0.3) is 0 Å². The van der Waals surface area contributed by atoms with E-state index in [2.05, 4.69) is 0 Å². The molecule has 1 amide bonds. The maximum atomic E-state index is 11.0. The third-order valence-electron chi connectivity index (χ3n) is 2.25. The van der Waals surface area contributed by atoms with E-state index in [1.54, 1.807) is 7.05 Å². The molecule has 0 aliphatic carbocycles. The summed E-state index contributed by atoms with van der Waals surface area (Å²) in [6.07, 6.45) is 0.582. The smallest absolute Gasteiger partial charge is 0.219 e. The van der Waals surface area contributed by atoms with Gasteiger partial charge in [0, 0.05) is 20.0 Å². The van der Waals surface area contributed by atoms with Gasteiger partial charge in [-0.2, -0.15) is 0 Å². The SMILES string of the molecule is CC.CC(=O)N(C)C1CCS(=O)(=O)C1. The summed E-state index contributed by atoms with van der Waals surface area (Å²) in [5, 5.41) is 0. The molecular weight excluding hydrogens is 202 g/mol. The Balaban J connectivity index is 0.000000791. The number of hydrogen-bond acceptors (Lipinski definition) is 3. The predicted octanol–water partition coefficient (Wildman–Crippen LogP) is 0.678. The minimum Gasteiger partial charge on any atom is -0.342 e. The molecule has 5 heteroatoms. The van der Waals surface area contributed by atoms with Crippen LogP contribution < -0.4 is 0 Å². The topological polar surface area (TPSA) is 54.5 Å². The Labute approximate surface area is 86.2 Å². The number of nitrogens with zero attached hydrogens (tertiary/aromatic N) is 1. The molecule has 0 aromatic carbocycles. The van der Waals surface area contributed by atoms with Crippen molar-refractivity contribution >= 4 is 15.7 Å². The molecule has 1 rings (SSSR count). The summed E-state index contributed by atoms with van der Waals surface area (Å²) in [5.74, 6) is 0.273. The van der Waals surface area contributed by atoms with Gasteiger partial charge in [0.15, 0.2) is 9.84 Å². The standard InChI is InChI=1S/C7H13NO3S.C2H6/c1-6(9)8(2)7-3-4-12(10,11)5-7;1-2/h7H,3-5H2,1-2H3;1-2H3. The van der Waals surface area contributed by atoms with E-state index in [0.717, 1.165) is 0 Å². The fourth-order valence-electron chi connectivity index (χ4n) is 1.34. The molecule has 0 N–H and O–H groups in total. The lowest BCUT2D eigenvalue weighted by Gasteiger charge is -2.21. The molecule has 1 saturated heterocycles. The molecule has 0 saturated carbocycles. The maximum absolute atomic E-state index is 11.0. The number of amides is 1. The van der Waals surface area contributed by atoms with Crippen LogP contribution >= 0.6 is 0 Å². The minimum atomic E-state index is -2.87. The summed E-state index contributed by atoms with van der Waals surface area (Å²) in [5.41, 5.74) is 0. The number of sulfone groups is 1. The first kappa shape index (κ1) is 13.4. The molecular formula is C9H19NO3S. The van der Waals surface area contributed by atoms with E-state index in [9.17, 15) is 13.2 Å². The Morgan fingerprint density at radius 1 is 1.36 bits per heavy atom. The van der Waals surface area contributed by atoms with Gasteiger partial charge in [0.2, 0.25) is 5.91 Å². The molecule has 1 atom stereocenters. The van der Waals surface area contributed by atoms with Crippen LogP contribution in [-0.2, 0) is 14.6 Å². The molecule has 0 bridgehead atoms. The van der Waals surface area contributed by atoms with Crippen molar-refractivity contribution in [3.8, 4) is 0 Å². The van der Waals surface area contributed by atoms with E-state index < -0.39 is 9.84 Å². The first-order valence-corrected chi connectivity index (χ1v) is 6.68. The Morgan fingerprint density at radius 2 is 1.86 bits per heavy atom. The second-order valence-electron chi connectivity index (χ2n) is 3.19. The number of carbonyl (C=O) groups is 1. The van der Waals surface area contributed by atoms with Crippen molar-refractivity contribution < 1.29 is 13.2 Å². The summed E-state index contributed by atoms with van der Waals surface area (Å²) >= 11 is 0. The number of rotatable bonds is 1. The highest BCUT2D eigenvalue weighted by atomic mass is 32.2. The predicted molar refractivity (Wildman–Crippen MR) is 56.9 cm³/mol. The zero-order valence-electron chi connectivity index (χ0n) is 9.28. The highest BCUT2D eigenvalue weighted by Gasteiger charge is 2.31. The minimum absolute atomic E-state index is 0.0721. The van der Waals surface area contributed by atoms with Crippen LogP contribution in [0.4, 0.5) is 0 Å². The van der Waals surface area contributed by atoms with Crippen molar-refractivity contribution in [3.05, 3.63) is 0 Å². The van der Waals surface area contributed by atoms with Crippen LogP contribution in [0.2, 0.25) is 0 Å². The van der Waals surface area contributed by atoms with Crippen molar-refractivity contribution in [3.63, 3.8) is 0 Å². The lowest BCUT2D eigenvalue weighted by molar-refractivity contribution is -0.129. The molecule has 14 heavy (non-hydrogen) atoms. The van der Waals surface area contributed by atoms with Gasteiger partial charge in [0.05, 0.1) is 11.5 Å². The second-order valence-corrected chi connectivity index (χ2v) is 5.42. The Morgan fingerprint density at radius 3 is 2.14 bits per heavy atom. The molecule has 4 nitrogen and oxygen atoms in total. The fourth-order valence-corrected chi connectivity index (χ4v) is 3.11. The molecule has 1 heterocycles. The van der Waals surface area contributed by atoms with E-state index in [-0.39, 0.29) is 23.5 Å². The van der Waals surface area contributed by atoms with E-state index in [1.165, 1.54) is 11.8 Å². The first-order valence-electron chi connectivity index (χ1n) is 4.86. The third kappa shape index (κ3) is 3.65. The summed E-state index contributed by atoms with van der Waals surface area (Å²) < 4.78 is 22.1. The van der Waals surface area contributed by atoms with Gasteiger partial charge in [-0.25, -0.2) is 8.42 Å². The fraction of sp³-hybridized carbons (Fsp3) is 0.889. The third-order valence-corrected chi connectivity index (χ3v) is 4.00. The van der Waals surface area contributed by atoms with Crippen LogP contribution in [-0.4, -0.2) is 43.8 Å². The van der Waals surface area contributed by atoms with Gasteiger partial charge < -0.3 is 4.90 Å². The molecule has 1 aliphatic heterocycles. The molecule has 1 aliphatic rings. The molecule has 0 aromatic rings. The Kier molecular flexibility index (Phi) is 5.12. The quantitative estimate of drug-likeness (QED) is 0.654. The van der Waals surface area contributed by atoms with Crippen LogP contribution in [0.25, 0.3) is 0 Å². The van der Waals surface area contributed by atoms with Gasteiger partial charge in [0.1, 0.15) is 0 Å². The molecule has 84 valence electrons. The van der Waals surface area contributed by atoms with Crippen molar-refractivity contribution in [2.45, 2.75) is 33.2 Å². The van der Waals surface area contributed by atoms with Crippen LogP contribution in [0.5, 0.6) is 0 Å². The summed E-state index contributed by atoms with van der Waals surface area (Å²) in [4.78, 5) is 12.4. The van der Waals surface area contributed by atoms with Gasteiger partial charge in [-0.15, -0.1) is 0 Å². The summed E-state index contributed by atoms with van der Waals surface area (Å²) in [6, 6.07) is -0.104. The van der Waals surface area contributed by atoms with Crippen molar-refractivity contribution in [2.75, 3.05) is 18.6 Å². The van der Waals surface area contributed by atoms with Gasteiger partial charge in [-0.1, -0.05) is 13.8 Å². The van der Waals surface area contributed by atoms with Gasteiger partial charge in [-0.05, 0) is 6.42 Å². The van der Waals surface area contributed by atoms with E-state index >= 15 is 0 Å². The number of hydrogen-bond donors (Lipinski definition) is 0. The normalized spacial score (nSPS) is 23.6. The molecule has 1 unspecified atom stereocenters. The average molecular weight is 221 g/mol. The second kappa shape index (κ2) is 5.34. The maximum Gasteiger partial charge on any atom is 0.219 e. The number of carbonyl (C=O) groups excluding carboxylic acids is 1. The summed E-state index contributed by atoms with van der Waals surface area (Å²) in [7, 11) is -1.22. The van der Waals surface area contributed by atoms with Crippen LogP contribution in [0.3, 0.4) is 0 Å². The molecule has 0 aromatic heterocycles. The highest BCUT2D eigenvalue weighted by molar-refractivity contribution is 7.91. The van der Waals surface area contributed by atoms with Crippen molar-refractivity contribution in [1.82, 2.24) is 4.90 Å². The van der Waals surface area contributed by atoms with Crippen LogP contribution in [0, 0.1) is 0 Å². The molecule has 0 spiro atoms. The average Bonchev–Trinajstić information content (AvgIpc) is 2.48.